The first-order valence-corrected chi connectivity index (χ1v) is 14.0. The summed E-state index contributed by atoms with van der Waals surface area (Å²) in [5, 5.41) is 4.99. The number of furan rings is 1. The van der Waals surface area contributed by atoms with Crippen LogP contribution in [0.1, 0.15) is 51.5 Å². The van der Waals surface area contributed by atoms with Crippen molar-refractivity contribution in [2.75, 3.05) is 0 Å². The predicted octanol–water partition coefficient (Wildman–Crippen LogP) is 10.3. The molecule has 0 radical (unpaired) electrons. The minimum Gasteiger partial charge on any atom is -0.461 e. The molecule has 37 heavy (non-hydrogen) atoms. The van der Waals surface area contributed by atoms with Gasteiger partial charge in [-0.2, -0.15) is 0 Å². The minimum atomic E-state index is 0.0360. The van der Waals surface area contributed by atoms with E-state index in [0.717, 1.165) is 23.5 Å². The summed E-state index contributed by atoms with van der Waals surface area (Å²) < 4.78 is 7.57. The number of fused-ring (bicyclic) bond motifs is 3. The zero-order valence-electron chi connectivity index (χ0n) is 22.5. The number of nitrogens with zero attached hydrogens (tertiary/aromatic N) is 1. The van der Waals surface area contributed by atoms with Gasteiger partial charge in [-0.25, -0.2) is 0 Å². The Morgan fingerprint density at radius 2 is 1.68 bits per heavy atom. The predicted molar refractivity (Wildman–Crippen MR) is 160 cm³/mol. The van der Waals surface area contributed by atoms with Crippen molar-refractivity contribution in [3.63, 3.8) is 0 Å². The smallest absolute Gasteiger partial charge is 0.135 e. The summed E-state index contributed by atoms with van der Waals surface area (Å²) in [7, 11) is 0. The molecule has 6 rings (SSSR count). The highest BCUT2D eigenvalue weighted by Gasteiger charge is 2.20. The first-order chi connectivity index (χ1) is 17.7. The van der Waals surface area contributed by atoms with E-state index in [2.05, 4.69) is 108 Å². The maximum Gasteiger partial charge on any atom is 0.135 e. The molecule has 3 heterocycles. The number of thiophene rings is 1. The van der Waals surface area contributed by atoms with Crippen molar-refractivity contribution in [2.45, 2.75) is 53.4 Å². The van der Waals surface area contributed by atoms with E-state index in [1.807, 2.05) is 17.5 Å². The van der Waals surface area contributed by atoms with E-state index in [9.17, 15) is 0 Å². The van der Waals surface area contributed by atoms with Crippen LogP contribution in [-0.2, 0) is 11.8 Å². The largest absolute Gasteiger partial charge is 0.461 e. The zero-order chi connectivity index (χ0) is 25.9. The second kappa shape index (κ2) is 8.85. The van der Waals surface area contributed by atoms with Crippen LogP contribution in [0, 0.1) is 12.8 Å². The van der Waals surface area contributed by atoms with Crippen LogP contribution in [-0.4, -0.2) is 4.98 Å². The SMILES string of the molecule is Cc1c(CC(C)C)oc2cc(-c3cc4c(-c5cc(C(C)(C)C)c6ccccc6c5)nccc4s3)ccc12. The highest BCUT2D eigenvalue weighted by Crippen LogP contribution is 2.41. The first-order valence-electron chi connectivity index (χ1n) is 13.1. The Kier molecular flexibility index (Phi) is 5.72. The Morgan fingerprint density at radius 1 is 0.865 bits per heavy atom. The van der Waals surface area contributed by atoms with Crippen molar-refractivity contribution in [1.29, 1.82) is 0 Å². The molecule has 3 heteroatoms. The van der Waals surface area contributed by atoms with Crippen LogP contribution in [0.25, 0.3) is 53.5 Å². The van der Waals surface area contributed by atoms with Crippen LogP contribution >= 0.6 is 11.3 Å². The maximum absolute atomic E-state index is 6.32. The number of hydrogen-bond acceptors (Lipinski definition) is 3. The normalized spacial score (nSPS) is 12.4. The molecule has 0 aliphatic heterocycles. The summed E-state index contributed by atoms with van der Waals surface area (Å²) in [6.07, 6.45) is 2.91. The molecule has 3 aromatic carbocycles. The second-order valence-corrected chi connectivity index (χ2v) is 12.7. The molecule has 0 saturated heterocycles. The Morgan fingerprint density at radius 3 is 2.46 bits per heavy atom. The number of aryl methyl sites for hydroxylation is 1. The number of benzene rings is 3. The molecular formula is C34H33NOS. The van der Waals surface area contributed by atoms with Crippen molar-refractivity contribution in [3.8, 4) is 21.7 Å². The molecule has 0 saturated carbocycles. The van der Waals surface area contributed by atoms with E-state index in [-0.39, 0.29) is 5.41 Å². The van der Waals surface area contributed by atoms with Crippen LogP contribution in [0.2, 0.25) is 0 Å². The highest BCUT2D eigenvalue weighted by molar-refractivity contribution is 7.22. The Balaban J connectivity index is 1.49. The summed E-state index contributed by atoms with van der Waals surface area (Å²) in [5.41, 5.74) is 7.05. The third-order valence-corrected chi connectivity index (χ3v) is 8.45. The van der Waals surface area contributed by atoms with Crippen molar-refractivity contribution in [3.05, 3.63) is 89.8 Å². The molecule has 0 atom stereocenters. The summed E-state index contributed by atoms with van der Waals surface area (Å²) in [6.45, 7) is 13.5. The van der Waals surface area contributed by atoms with Crippen molar-refractivity contribution in [2.24, 2.45) is 5.92 Å². The third kappa shape index (κ3) is 4.26. The van der Waals surface area contributed by atoms with Crippen LogP contribution in [0.15, 0.2) is 77.3 Å². The van der Waals surface area contributed by atoms with Gasteiger partial charge in [-0.05, 0) is 76.1 Å². The average molecular weight is 504 g/mol. The molecule has 0 N–H and O–H groups in total. The lowest BCUT2D eigenvalue weighted by molar-refractivity contribution is 0.496. The summed E-state index contributed by atoms with van der Waals surface area (Å²) in [5.74, 6) is 1.68. The zero-order valence-corrected chi connectivity index (χ0v) is 23.3. The van der Waals surface area contributed by atoms with Crippen molar-refractivity contribution in [1.82, 2.24) is 4.98 Å². The number of rotatable bonds is 4. The van der Waals surface area contributed by atoms with Gasteiger partial charge in [0.1, 0.15) is 11.3 Å². The molecular weight excluding hydrogens is 470 g/mol. The fourth-order valence-electron chi connectivity index (χ4n) is 5.40. The van der Waals surface area contributed by atoms with Gasteiger partial charge in [-0.3, -0.25) is 4.98 Å². The molecule has 3 aromatic heterocycles. The summed E-state index contributed by atoms with van der Waals surface area (Å²) >= 11 is 1.82. The van der Waals surface area contributed by atoms with Gasteiger partial charge in [0.05, 0.1) is 5.69 Å². The molecule has 2 nitrogen and oxygen atoms in total. The molecule has 6 aromatic rings. The van der Waals surface area contributed by atoms with Gasteiger partial charge in [0.2, 0.25) is 0 Å². The Bertz CT molecular complexity index is 1780. The number of hydrogen-bond donors (Lipinski definition) is 0. The van der Waals surface area contributed by atoms with Gasteiger partial charge in [0.15, 0.2) is 0 Å². The highest BCUT2D eigenvalue weighted by atomic mass is 32.1. The topological polar surface area (TPSA) is 26.0 Å². The molecule has 0 fully saturated rings. The van der Waals surface area contributed by atoms with Gasteiger partial charge in [-0.15, -0.1) is 11.3 Å². The van der Waals surface area contributed by atoms with Crippen LogP contribution in [0.5, 0.6) is 0 Å². The third-order valence-electron chi connectivity index (χ3n) is 7.30. The van der Waals surface area contributed by atoms with E-state index >= 15 is 0 Å². The van der Waals surface area contributed by atoms with Crippen LogP contribution < -0.4 is 0 Å². The lowest BCUT2D eigenvalue weighted by Crippen LogP contribution is -2.12. The van der Waals surface area contributed by atoms with E-state index in [1.165, 1.54) is 53.4 Å². The number of pyridine rings is 1. The molecule has 0 spiro atoms. The van der Waals surface area contributed by atoms with Crippen LogP contribution in [0.4, 0.5) is 0 Å². The molecule has 0 bridgehead atoms. The Hall–Kier alpha value is -3.43. The van der Waals surface area contributed by atoms with E-state index < -0.39 is 0 Å². The molecule has 0 aliphatic carbocycles. The average Bonchev–Trinajstić information content (AvgIpc) is 3.43. The van der Waals surface area contributed by atoms with Gasteiger partial charge >= 0.3 is 0 Å². The molecule has 0 unspecified atom stereocenters. The van der Waals surface area contributed by atoms with Crippen molar-refractivity contribution < 1.29 is 4.42 Å². The lowest BCUT2D eigenvalue weighted by Gasteiger charge is -2.22. The van der Waals surface area contributed by atoms with E-state index in [1.54, 1.807) is 0 Å². The monoisotopic (exact) mass is 503 g/mol. The standard InChI is InChI=1S/C34H33NOS/c1-20(2)15-29-21(3)25-12-11-23(18-30(25)36-29)32-19-27-31(37-32)13-14-35-33(27)24-16-22-9-7-8-10-26(22)28(17-24)34(4,5)6/h7-14,16-20H,15H2,1-6H3. The molecule has 186 valence electrons. The van der Waals surface area contributed by atoms with Gasteiger partial charge in [-0.1, -0.05) is 71.0 Å². The van der Waals surface area contributed by atoms with Gasteiger partial charge in [0.25, 0.3) is 0 Å². The van der Waals surface area contributed by atoms with E-state index in [4.69, 9.17) is 9.40 Å². The first kappa shape index (κ1) is 23.9. The van der Waals surface area contributed by atoms with Crippen molar-refractivity contribution >= 4 is 43.2 Å². The molecule has 0 amide bonds. The quantitative estimate of drug-likeness (QED) is 0.239. The fourth-order valence-corrected chi connectivity index (χ4v) is 6.45. The maximum atomic E-state index is 6.32. The Labute approximate surface area is 223 Å². The molecule has 0 aliphatic rings. The summed E-state index contributed by atoms with van der Waals surface area (Å²) in [6, 6.07) is 24.4. The minimum absolute atomic E-state index is 0.0360. The second-order valence-electron chi connectivity index (χ2n) is 11.6. The van der Waals surface area contributed by atoms with Gasteiger partial charge in [0, 0.05) is 38.5 Å². The van der Waals surface area contributed by atoms with Crippen LogP contribution in [0.3, 0.4) is 0 Å². The lowest BCUT2D eigenvalue weighted by atomic mass is 9.82. The number of aromatic nitrogens is 1. The fraction of sp³-hybridized carbons (Fsp3) is 0.265. The van der Waals surface area contributed by atoms with E-state index in [0.29, 0.717) is 5.92 Å². The van der Waals surface area contributed by atoms with Gasteiger partial charge < -0.3 is 4.42 Å². The summed E-state index contributed by atoms with van der Waals surface area (Å²) in [4.78, 5) is 6.13.